The van der Waals surface area contributed by atoms with Gasteiger partial charge in [0, 0.05) is 6.07 Å². The summed E-state index contributed by atoms with van der Waals surface area (Å²) in [5.41, 5.74) is 0. The number of hydrogen-bond donors (Lipinski definition) is 0. The van der Waals surface area contributed by atoms with Crippen LogP contribution in [0.5, 0.6) is 11.5 Å². The second kappa shape index (κ2) is 5.19. The molecule has 0 saturated carbocycles. The zero-order chi connectivity index (χ0) is 9.52. The third kappa shape index (κ3) is 3.15. The number of carbonyl (C=O) groups is 1. The average molecular weight is 180 g/mol. The van der Waals surface area contributed by atoms with Gasteiger partial charge in [-0.25, -0.2) is 0 Å². The summed E-state index contributed by atoms with van der Waals surface area (Å²) in [6.45, 7) is 3.11. The summed E-state index contributed by atoms with van der Waals surface area (Å²) in [5.74, 6) is 1.23. The van der Waals surface area contributed by atoms with Crippen LogP contribution < -0.4 is 9.47 Å². The van der Waals surface area contributed by atoms with E-state index in [1.165, 1.54) is 0 Å². The topological polar surface area (TPSA) is 35.5 Å². The molecular weight excluding hydrogens is 168 g/mol. The van der Waals surface area contributed by atoms with Crippen LogP contribution >= 0.6 is 0 Å². The van der Waals surface area contributed by atoms with Crippen molar-refractivity contribution in [3.05, 3.63) is 24.3 Å². The maximum atomic E-state index is 10.0. The van der Waals surface area contributed by atoms with Crippen molar-refractivity contribution in [2.75, 3.05) is 6.61 Å². The molecule has 0 amide bonds. The predicted octanol–water partition coefficient (Wildman–Crippen LogP) is 2.01. The molecule has 0 radical (unpaired) electrons. The van der Waals surface area contributed by atoms with Crippen molar-refractivity contribution >= 4 is 6.47 Å². The monoisotopic (exact) mass is 180 g/mol. The average Bonchev–Trinajstić information content (AvgIpc) is 2.16. The molecule has 0 bridgehead atoms. The largest absolute Gasteiger partial charge is 0.493 e. The van der Waals surface area contributed by atoms with E-state index in [9.17, 15) is 4.79 Å². The molecule has 0 aromatic heterocycles. The third-order valence-electron chi connectivity index (χ3n) is 1.46. The lowest BCUT2D eigenvalue weighted by molar-refractivity contribution is -0.120. The van der Waals surface area contributed by atoms with Gasteiger partial charge in [0.1, 0.15) is 11.5 Å². The van der Waals surface area contributed by atoms with Crippen LogP contribution in [0.4, 0.5) is 0 Å². The summed E-state index contributed by atoms with van der Waals surface area (Å²) in [5, 5.41) is 0. The molecule has 0 aliphatic carbocycles. The van der Waals surface area contributed by atoms with Crippen molar-refractivity contribution in [2.24, 2.45) is 0 Å². The Bertz CT molecular complexity index is 271. The Balaban J connectivity index is 2.61. The Hall–Kier alpha value is -1.51. The van der Waals surface area contributed by atoms with Gasteiger partial charge in [-0.2, -0.15) is 0 Å². The molecule has 0 spiro atoms. The fraction of sp³-hybridized carbons (Fsp3) is 0.300. The quantitative estimate of drug-likeness (QED) is 0.650. The van der Waals surface area contributed by atoms with Gasteiger partial charge in [0.05, 0.1) is 6.61 Å². The van der Waals surface area contributed by atoms with E-state index in [4.69, 9.17) is 4.74 Å². The smallest absolute Gasteiger partial charge is 0.298 e. The molecule has 0 fully saturated rings. The van der Waals surface area contributed by atoms with E-state index in [1.807, 2.05) is 13.0 Å². The van der Waals surface area contributed by atoms with E-state index in [0.29, 0.717) is 18.8 Å². The van der Waals surface area contributed by atoms with Gasteiger partial charge in [-0.3, -0.25) is 4.79 Å². The molecule has 1 rings (SSSR count). The van der Waals surface area contributed by atoms with Crippen LogP contribution in [0.1, 0.15) is 13.3 Å². The zero-order valence-corrected chi connectivity index (χ0v) is 7.53. The molecule has 0 heterocycles. The predicted molar refractivity (Wildman–Crippen MR) is 48.9 cm³/mol. The van der Waals surface area contributed by atoms with E-state index in [0.717, 1.165) is 12.2 Å². The molecule has 0 saturated heterocycles. The van der Waals surface area contributed by atoms with Gasteiger partial charge in [0.2, 0.25) is 0 Å². The molecule has 13 heavy (non-hydrogen) atoms. The summed E-state index contributed by atoms with van der Waals surface area (Å²) < 4.78 is 10.0. The van der Waals surface area contributed by atoms with E-state index < -0.39 is 0 Å². The van der Waals surface area contributed by atoms with Crippen LogP contribution in [-0.2, 0) is 4.79 Å². The summed E-state index contributed by atoms with van der Waals surface area (Å²) in [6, 6.07) is 6.99. The number of benzene rings is 1. The van der Waals surface area contributed by atoms with Crippen molar-refractivity contribution in [3.8, 4) is 11.5 Å². The zero-order valence-electron chi connectivity index (χ0n) is 7.53. The Kier molecular flexibility index (Phi) is 3.82. The van der Waals surface area contributed by atoms with Crippen LogP contribution in [0.3, 0.4) is 0 Å². The van der Waals surface area contributed by atoms with Gasteiger partial charge < -0.3 is 9.47 Å². The molecule has 0 atom stereocenters. The first-order valence-electron chi connectivity index (χ1n) is 4.20. The van der Waals surface area contributed by atoms with E-state index >= 15 is 0 Å². The molecule has 1 aromatic carbocycles. The maximum Gasteiger partial charge on any atom is 0.298 e. The highest BCUT2D eigenvalue weighted by atomic mass is 16.5. The van der Waals surface area contributed by atoms with Crippen molar-refractivity contribution in [1.29, 1.82) is 0 Å². The molecule has 0 N–H and O–H groups in total. The minimum atomic E-state index is 0.402. The van der Waals surface area contributed by atoms with Gasteiger partial charge in [-0.05, 0) is 18.6 Å². The number of carbonyl (C=O) groups excluding carboxylic acids is 1. The van der Waals surface area contributed by atoms with E-state index in [-0.39, 0.29) is 0 Å². The molecule has 1 aromatic rings. The van der Waals surface area contributed by atoms with Crippen LogP contribution in [0.15, 0.2) is 24.3 Å². The Morgan fingerprint density at radius 2 is 2.15 bits per heavy atom. The molecule has 0 aliphatic rings. The van der Waals surface area contributed by atoms with E-state index in [1.54, 1.807) is 18.2 Å². The van der Waals surface area contributed by atoms with Gasteiger partial charge in [-0.15, -0.1) is 0 Å². The Morgan fingerprint density at radius 1 is 1.38 bits per heavy atom. The molecule has 0 aliphatic heterocycles. The van der Waals surface area contributed by atoms with Crippen LogP contribution in [0, 0.1) is 0 Å². The number of rotatable bonds is 5. The highest BCUT2D eigenvalue weighted by molar-refractivity contribution is 5.46. The fourth-order valence-corrected chi connectivity index (χ4v) is 0.913. The van der Waals surface area contributed by atoms with Gasteiger partial charge in [0.25, 0.3) is 6.47 Å². The standard InChI is InChI=1S/C10H12O3/c1-2-6-12-9-4-3-5-10(7-9)13-8-11/h3-5,7-8H,2,6H2,1H3. The Morgan fingerprint density at radius 3 is 2.85 bits per heavy atom. The van der Waals surface area contributed by atoms with Crippen molar-refractivity contribution in [2.45, 2.75) is 13.3 Å². The lowest BCUT2D eigenvalue weighted by atomic mass is 10.3. The maximum absolute atomic E-state index is 10.0. The van der Waals surface area contributed by atoms with E-state index in [2.05, 4.69) is 4.74 Å². The summed E-state index contributed by atoms with van der Waals surface area (Å²) in [4.78, 5) is 10.0. The number of hydrogen-bond acceptors (Lipinski definition) is 3. The molecule has 70 valence electrons. The van der Waals surface area contributed by atoms with Crippen LogP contribution in [0.25, 0.3) is 0 Å². The minimum absolute atomic E-state index is 0.402. The van der Waals surface area contributed by atoms with Gasteiger partial charge in [0.15, 0.2) is 0 Å². The first-order valence-corrected chi connectivity index (χ1v) is 4.20. The lowest BCUT2D eigenvalue weighted by Crippen LogP contribution is -1.95. The summed E-state index contributed by atoms with van der Waals surface area (Å²) >= 11 is 0. The van der Waals surface area contributed by atoms with Crippen molar-refractivity contribution in [3.63, 3.8) is 0 Å². The summed E-state index contributed by atoms with van der Waals surface area (Å²) in [6.07, 6.45) is 0.957. The molecular formula is C10H12O3. The molecule has 0 unspecified atom stereocenters. The first kappa shape index (κ1) is 9.58. The third-order valence-corrected chi connectivity index (χ3v) is 1.46. The van der Waals surface area contributed by atoms with Crippen molar-refractivity contribution in [1.82, 2.24) is 0 Å². The molecule has 3 nitrogen and oxygen atoms in total. The van der Waals surface area contributed by atoms with Gasteiger partial charge in [-0.1, -0.05) is 13.0 Å². The minimum Gasteiger partial charge on any atom is -0.493 e. The Labute approximate surface area is 77.3 Å². The summed E-state index contributed by atoms with van der Waals surface area (Å²) in [7, 11) is 0. The van der Waals surface area contributed by atoms with Crippen LogP contribution in [-0.4, -0.2) is 13.1 Å². The van der Waals surface area contributed by atoms with Crippen LogP contribution in [0.2, 0.25) is 0 Å². The second-order valence-electron chi connectivity index (χ2n) is 2.54. The number of ether oxygens (including phenoxy) is 2. The second-order valence-corrected chi connectivity index (χ2v) is 2.54. The highest BCUT2D eigenvalue weighted by Crippen LogP contribution is 2.18. The highest BCUT2D eigenvalue weighted by Gasteiger charge is 1.95. The van der Waals surface area contributed by atoms with Crippen molar-refractivity contribution < 1.29 is 14.3 Å². The van der Waals surface area contributed by atoms with Gasteiger partial charge >= 0.3 is 0 Å². The molecule has 3 heteroatoms. The SMILES string of the molecule is CCCOc1cccc(OC=O)c1. The first-order chi connectivity index (χ1) is 6.36. The normalized spacial score (nSPS) is 9.31. The fourth-order valence-electron chi connectivity index (χ4n) is 0.913. The lowest BCUT2D eigenvalue weighted by Gasteiger charge is -2.04.